The van der Waals surface area contributed by atoms with Gasteiger partial charge >= 0.3 is 0 Å². The molecule has 0 radical (unpaired) electrons. The first-order valence-corrected chi connectivity index (χ1v) is 6.15. The number of rotatable bonds is 1. The van der Waals surface area contributed by atoms with Crippen molar-refractivity contribution in [3.05, 3.63) is 28.7 Å². The van der Waals surface area contributed by atoms with Gasteiger partial charge in [0.15, 0.2) is 0 Å². The van der Waals surface area contributed by atoms with E-state index in [0.29, 0.717) is 0 Å². The van der Waals surface area contributed by atoms with Crippen molar-refractivity contribution in [3.8, 4) is 0 Å². The molecule has 1 heterocycles. The van der Waals surface area contributed by atoms with E-state index in [2.05, 4.69) is 44.6 Å². The van der Waals surface area contributed by atoms with Crippen molar-refractivity contribution < 1.29 is 0 Å². The summed E-state index contributed by atoms with van der Waals surface area (Å²) in [5, 5.41) is 0. The lowest BCUT2D eigenvalue weighted by molar-refractivity contribution is 0.993. The van der Waals surface area contributed by atoms with E-state index in [-0.39, 0.29) is 10.7 Å². The smallest absolute Gasteiger partial charge is 0.0470 e. The molecular weight excluding hydrogens is 234 g/mol. The summed E-state index contributed by atoms with van der Waals surface area (Å²) in [4.78, 5) is 1.38. The molecule has 0 N–H and O–H groups in total. The summed E-state index contributed by atoms with van der Waals surface area (Å²) in [5.41, 5.74) is 0. The molecule has 0 amide bonds. The Kier molecular flexibility index (Phi) is 2.61. The van der Waals surface area contributed by atoms with E-state index >= 15 is 0 Å². The van der Waals surface area contributed by atoms with Gasteiger partial charge in [0.1, 0.15) is 0 Å². The molecule has 1 nitrogen and oxygen atoms in total. The van der Waals surface area contributed by atoms with Crippen molar-refractivity contribution in [2.45, 2.75) is 11.3 Å². The molecule has 1 aliphatic heterocycles. The van der Waals surface area contributed by atoms with Crippen LogP contribution in [-0.4, -0.2) is 12.3 Å². The summed E-state index contributed by atoms with van der Waals surface area (Å²) >= 11 is 3.43. The quantitative estimate of drug-likeness (QED) is 0.720. The third kappa shape index (κ3) is 1.77. The highest BCUT2D eigenvalue weighted by Gasteiger charge is 2.06. The predicted octanol–water partition coefficient (Wildman–Crippen LogP) is 3.01. The first-order chi connectivity index (χ1) is 5.86. The van der Waals surface area contributed by atoms with E-state index in [0.717, 1.165) is 11.0 Å². The Morgan fingerprint density at radius 2 is 2.00 bits per heavy atom. The molecule has 0 aromatic heterocycles. The first kappa shape index (κ1) is 8.45. The van der Waals surface area contributed by atoms with Crippen molar-refractivity contribution >= 4 is 26.6 Å². The van der Waals surface area contributed by atoms with Crippen LogP contribution < -0.4 is 0 Å². The van der Waals surface area contributed by atoms with E-state index < -0.39 is 0 Å². The summed E-state index contributed by atoms with van der Waals surface area (Å²) in [6, 6.07) is 8.52. The lowest BCUT2D eigenvalue weighted by atomic mass is 10.4. The lowest BCUT2D eigenvalue weighted by Crippen LogP contribution is -1.90. The topological polar surface area (TPSA) is 12.4 Å². The number of halogens is 1. The Bertz CT molecular complexity index is 305. The highest BCUT2D eigenvalue weighted by Crippen LogP contribution is 2.17. The predicted molar refractivity (Wildman–Crippen MR) is 56.6 cm³/mol. The molecule has 0 spiro atoms. The molecule has 2 rings (SSSR count). The number of hydrogen-bond donors (Lipinski definition) is 0. The average molecular weight is 244 g/mol. The molecule has 1 aliphatic rings. The summed E-state index contributed by atoms with van der Waals surface area (Å²) in [7, 11) is 0.205. The summed E-state index contributed by atoms with van der Waals surface area (Å²) in [5.74, 6) is 1.25. The number of nitrogens with zero attached hydrogens (tertiary/aromatic N) is 1. The minimum absolute atomic E-state index is 0.205. The van der Waals surface area contributed by atoms with Gasteiger partial charge in [0.25, 0.3) is 0 Å². The van der Waals surface area contributed by atoms with Gasteiger partial charge in [-0.1, -0.05) is 26.6 Å². The summed E-state index contributed by atoms with van der Waals surface area (Å²) < 4.78 is 5.70. The van der Waals surface area contributed by atoms with Gasteiger partial charge in [-0.3, -0.25) is 4.36 Å². The maximum atomic E-state index is 4.55. The zero-order valence-corrected chi connectivity index (χ0v) is 9.07. The van der Waals surface area contributed by atoms with Crippen LogP contribution in [0.3, 0.4) is 0 Å². The highest BCUT2D eigenvalue weighted by molar-refractivity contribution is 9.10. The molecule has 64 valence electrons. The molecule has 12 heavy (non-hydrogen) atoms. The molecule has 0 fully saturated rings. The molecule has 1 aromatic carbocycles. The second-order valence-corrected chi connectivity index (χ2v) is 5.51. The maximum absolute atomic E-state index is 4.55. The van der Waals surface area contributed by atoms with Crippen LogP contribution in [0.2, 0.25) is 0 Å². The van der Waals surface area contributed by atoms with Crippen LogP contribution in [0, 0.1) is 0 Å². The van der Waals surface area contributed by atoms with Gasteiger partial charge in [-0.05, 0) is 30.7 Å². The minimum Gasteiger partial charge on any atom is -0.260 e. The lowest BCUT2D eigenvalue weighted by Gasteiger charge is -2.00. The maximum Gasteiger partial charge on any atom is 0.0470 e. The SMILES string of the molecule is Brc1ccc(S2=NCCC2)cc1. The van der Waals surface area contributed by atoms with Crippen molar-refractivity contribution in [2.24, 2.45) is 4.36 Å². The monoisotopic (exact) mass is 243 g/mol. The Morgan fingerprint density at radius 3 is 2.58 bits per heavy atom. The van der Waals surface area contributed by atoms with Crippen molar-refractivity contribution in [2.75, 3.05) is 12.3 Å². The van der Waals surface area contributed by atoms with E-state index in [9.17, 15) is 0 Å². The van der Waals surface area contributed by atoms with E-state index in [1.165, 1.54) is 17.1 Å². The Labute approximate surface area is 83.4 Å². The Balaban J connectivity index is 2.28. The van der Waals surface area contributed by atoms with Crippen molar-refractivity contribution in [1.82, 2.24) is 0 Å². The minimum atomic E-state index is 0.205. The molecule has 0 aliphatic carbocycles. The molecular formula is C9H10BrNS. The first-order valence-electron chi connectivity index (χ1n) is 4.00. The third-order valence-electron chi connectivity index (χ3n) is 1.83. The molecule has 0 bridgehead atoms. The van der Waals surface area contributed by atoms with E-state index in [4.69, 9.17) is 0 Å². The average Bonchev–Trinajstić information content (AvgIpc) is 2.58. The van der Waals surface area contributed by atoms with Crippen molar-refractivity contribution in [1.29, 1.82) is 0 Å². The summed E-state index contributed by atoms with van der Waals surface area (Å²) in [6.07, 6.45) is 1.26. The van der Waals surface area contributed by atoms with Crippen LogP contribution in [0.25, 0.3) is 0 Å². The van der Waals surface area contributed by atoms with Crippen molar-refractivity contribution in [3.63, 3.8) is 0 Å². The normalized spacial score (nSPS) is 22.2. The van der Waals surface area contributed by atoms with Crippen LogP contribution in [0.1, 0.15) is 6.42 Å². The van der Waals surface area contributed by atoms with Crippen LogP contribution >= 0.6 is 15.9 Å². The molecule has 3 heteroatoms. The van der Waals surface area contributed by atoms with Gasteiger partial charge in [-0.15, -0.1) is 0 Å². The molecule has 1 aromatic rings. The zero-order chi connectivity index (χ0) is 8.39. The standard InChI is InChI=1S/C9H10BrNS/c10-8-2-4-9(5-3-8)12-7-1-6-11-12/h2-5H,1,6-7H2. The molecule has 1 unspecified atom stereocenters. The van der Waals surface area contributed by atoms with E-state index in [1.807, 2.05) is 0 Å². The number of hydrogen-bond acceptors (Lipinski definition) is 1. The van der Waals surface area contributed by atoms with Gasteiger partial charge in [-0.2, -0.15) is 0 Å². The van der Waals surface area contributed by atoms with Crippen LogP contribution in [0.5, 0.6) is 0 Å². The fourth-order valence-electron chi connectivity index (χ4n) is 1.22. The third-order valence-corrected chi connectivity index (χ3v) is 4.34. The second kappa shape index (κ2) is 3.71. The fraction of sp³-hybridized carbons (Fsp3) is 0.333. The van der Waals surface area contributed by atoms with Gasteiger partial charge < -0.3 is 0 Å². The molecule has 0 saturated heterocycles. The Hall–Kier alpha value is -0.150. The Morgan fingerprint density at radius 1 is 1.25 bits per heavy atom. The van der Waals surface area contributed by atoms with E-state index in [1.54, 1.807) is 0 Å². The fourth-order valence-corrected chi connectivity index (χ4v) is 3.21. The van der Waals surface area contributed by atoms with Gasteiger partial charge in [-0.25, -0.2) is 0 Å². The van der Waals surface area contributed by atoms with Gasteiger partial charge in [0.05, 0.1) is 0 Å². The second-order valence-electron chi connectivity index (χ2n) is 2.73. The van der Waals surface area contributed by atoms with Gasteiger partial charge in [0, 0.05) is 21.7 Å². The van der Waals surface area contributed by atoms with Crippen LogP contribution in [0.4, 0.5) is 0 Å². The summed E-state index contributed by atoms with van der Waals surface area (Å²) in [6.45, 7) is 1.05. The molecule has 1 atom stereocenters. The van der Waals surface area contributed by atoms with Crippen LogP contribution in [0.15, 0.2) is 38.0 Å². The zero-order valence-electron chi connectivity index (χ0n) is 6.66. The van der Waals surface area contributed by atoms with Gasteiger partial charge in [0.2, 0.25) is 0 Å². The molecule has 0 saturated carbocycles. The number of benzene rings is 1. The van der Waals surface area contributed by atoms with Crippen LogP contribution in [-0.2, 0) is 10.7 Å². The largest absolute Gasteiger partial charge is 0.260 e. The highest BCUT2D eigenvalue weighted by atomic mass is 79.9.